The fourth-order valence-corrected chi connectivity index (χ4v) is 1.75. The number of hydrogen-bond acceptors (Lipinski definition) is 4. The third kappa shape index (κ3) is 7.91. The molecule has 0 aliphatic heterocycles. The van der Waals surface area contributed by atoms with Crippen molar-refractivity contribution in [2.45, 2.75) is 14.4 Å². The highest BCUT2D eigenvalue weighted by Crippen LogP contribution is 2.45. The molecule has 0 fully saturated rings. The Kier molecular flexibility index (Phi) is 6.52. The molecule has 0 aromatic heterocycles. The van der Waals surface area contributed by atoms with Crippen molar-refractivity contribution >= 4 is 21.9 Å². The fourth-order valence-electron chi connectivity index (χ4n) is 0.328. The Labute approximate surface area is 70.3 Å². The Hall–Kier alpha value is -0.190. The molecule has 9 heteroatoms. The zero-order valence-electron chi connectivity index (χ0n) is 5.47. The van der Waals surface area contributed by atoms with E-state index in [0.29, 0.717) is 0 Å². The molecule has 0 aliphatic rings. The average molecular weight is 219 g/mol. The minimum Gasteiger partial charge on any atom is -0.326 e. The van der Waals surface area contributed by atoms with Crippen LogP contribution in [-0.2, 0) is 18.2 Å². The van der Waals surface area contributed by atoms with Crippen LogP contribution >= 0.6 is 16.0 Å². The normalized spacial score (nSPS) is 16.9. The summed E-state index contributed by atoms with van der Waals surface area (Å²) in [5.74, 6) is -0.820. The maximum atomic E-state index is 10.5. The van der Waals surface area contributed by atoms with Gasteiger partial charge in [0.25, 0.3) is 0 Å². The maximum absolute atomic E-state index is 10.5. The van der Waals surface area contributed by atoms with Gasteiger partial charge in [-0.25, -0.2) is 8.88 Å². The summed E-state index contributed by atoms with van der Waals surface area (Å²) in [4.78, 5) is 26.7. The van der Waals surface area contributed by atoms with Gasteiger partial charge in [-0.05, 0) is 0 Å². The molecule has 0 aliphatic carbocycles. The summed E-state index contributed by atoms with van der Waals surface area (Å²) in [5.41, 5.74) is 0. The van der Waals surface area contributed by atoms with E-state index in [1.807, 2.05) is 0 Å². The van der Waals surface area contributed by atoms with E-state index in [1.165, 1.54) is 5.09 Å². The van der Waals surface area contributed by atoms with Crippen LogP contribution in [0.4, 0.5) is 0 Å². The van der Waals surface area contributed by atoms with E-state index < -0.39 is 21.9 Å². The van der Waals surface area contributed by atoms with Gasteiger partial charge in [-0.2, -0.15) is 0 Å². The first-order chi connectivity index (χ1) is 4.83. The Bertz CT molecular complexity index is 207. The zero-order chi connectivity index (χ0) is 9.07. The van der Waals surface area contributed by atoms with Crippen LogP contribution in [0.3, 0.4) is 0 Å². The quantitative estimate of drug-likeness (QED) is 0.586. The van der Waals surface area contributed by atoms with Crippen LogP contribution in [0.25, 0.3) is 0 Å². The van der Waals surface area contributed by atoms with Crippen molar-refractivity contribution in [1.29, 1.82) is 0 Å². The van der Waals surface area contributed by atoms with Crippen LogP contribution in [0.2, 0.25) is 0 Å². The Morgan fingerprint density at radius 3 is 2.33 bits per heavy atom. The molecule has 0 rings (SSSR count). The van der Waals surface area contributed by atoms with Gasteiger partial charge in [-0.1, -0.05) is 7.43 Å². The first-order valence-electron chi connectivity index (χ1n) is 2.37. The summed E-state index contributed by atoms with van der Waals surface area (Å²) in [7, 11) is -7.94. The molecule has 3 N–H and O–H groups in total. The molecule has 1 amide bonds. The largest absolute Gasteiger partial charge is 0.439 e. The van der Waals surface area contributed by atoms with E-state index in [-0.39, 0.29) is 7.43 Å². The monoisotopic (exact) mass is 219 g/mol. The predicted molar refractivity (Wildman–Crippen MR) is 42.7 cm³/mol. The van der Waals surface area contributed by atoms with Gasteiger partial charge >= 0.3 is 16.0 Å². The summed E-state index contributed by atoms with van der Waals surface area (Å²) in [6, 6.07) is 0. The third-order valence-electron chi connectivity index (χ3n) is 0.501. The Morgan fingerprint density at radius 1 is 1.67 bits per heavy atom. The second kappa shape index (κ2) is 5.45. The number of hydrogen-bond donors (Lipinski definition) is 3. The summed E-state index contributed by atoms with van der Waals surface area (Å²) < 4.78 is 24.0. The van der Waals surface area contributed by atoms with E-state index in [1.54, 1.807) is 0 Å². The SMILES string of the molecule is C.CC(=O)NP(=O)(O)O[PH](=O)O. The van der Waals surface area contributed by atoms with Crippen molar-refractivity contribution in [1.82, 2.24) is 5.09 Å². The van der Waals surface area contributed by atoms with Crippen LogP contribution in [-0.4, -0.2) is 15.7 Å². The van der Waals surface area contributed by atoms with Crippen LogP contribution in [0.5, 0.6) is 0 Å². The Balaban J connectivity index is 0. The van der Waals surface area contributed by atoms with Crippen molar-refractivity contribution in [2.24, 2.45) is 0 Å². The van der Waals surface area contributed by atoms with E-state index in [2.05, 4.69) is 4.31 Å². The van der Waals surface area contributed by atoms with Crippen molar-refractivity contribution in [3.05, 3.63) is 0 Å². The van der Waals surface area contributed by atoms with Crippen LogP contribution in [0, 0.1) is 0 Å². The molecule has 7 nitrogen and oxygen atoms in total. The molecule has 2 unspecified atom stereocenters. The molecule has 0 spiro atoms. The van der Waals surface area contributed by atoms with Gasteiger partial charge < -0.3 is 9.79 Å². The average Bonchev–Trinajstić information content (AvgIpc) is 1.53. The van der Waals surface area contributed by atoms with Crippen molar-refractivity contribution < 1.29 is 28.0 Å². The molecular weight excluding hydrogens is 208 g/mol. The van der Waals surface area contributed by atoms with Gasteiger partial charge in [0, 0.05) is 6.92 Å². The predicted octanol–water partition coefficient (Wildman–Crippen LogP) is 0.258. The summed E-state index contributed by atoms with van der Waals surface area (Å²) >= 11 is 0. The number of nitrogens with one attached hydrogen (secondary N) is 1. The molecule has 0 radical (unpaired) electrons. The van der Waals surface area contributed by atoms with Crippen molar-refractivity contribution in [3.63, 3.8) is 0 Å². The topological polar surface area (TPSA) is 113 Å². The summed E-state index contributed by atoms with van der Waals surface area (Å²) in [6.45, 7) is 0.973. The minimum absolute atomic E-state index is 0. The second-order valence-electron chi connectivity index (χ2n) is 1.55. The third-order valence-corrected chi connectivity index (χ3v) is 2.71. The highest BCUT2D eigenvalue weighted by Gasteiger charge is 2.22. The number of carbonyl (C=O) groups is 1. The van der Waals surface area contributed by atoms with E-state index in [4.69, 9.17) is 9.79 Å². The number of rotatable bonds is 3. The molecule has 2 atom stereocenters. The number of carbonyl (C=O) groups excluding carboxylic acids is 1. The fraction of sp³-hybridized carbons (Fsp3) is 0.667. The van der Waals surface area contributed by atoms with E-state index in [9.17, 15) is 13.9 Å². The highest BCUT2D eigenvalue weighted by molar-refractivity contribution is 7.58. The van der Waals surface area contributed by atoms with Gasteiger partial charge in [0.2, 0.25) is 5.91 Å². The first kappa shape index (κ1) is 14.3. The van der Waals surface area contributed by atoms with Crippen molar-refractivity contribution in [2.75, 3.05) is 0 Å². The van der Waals surface area contributed by atoms with Gasteiger partial charge in [0.1, 0.15) is 0 Å². The van der Waals surface area contributed by atoms with Crippen LogP contribution in [0.1, 0.15) is 14.4 Å². The molecule has 0 bridgehead atoms. The lowest BCUT2D eigenvalue weighted by Crippen LogP contribution is -2.16. The van der Waals surface area contributed by atoms with Gasteiger partial charge in [-0.15, -0.1) is 0 Å². The molecule has 12 heavy (non-hydrogen) atoms. The smallest absolute Gasteiger partial charge is 0.326 e. The Morgan fingerprint density at radius 2 is 2.08 bits per heavy atom. The lowest BCUT2D eigenvalue weighted by Gasteiger charge is -2.07. The van der Waals surface area contributed by atoms with E-state index in [0.717, 1.165) is 6.92 Å². The van der Waals surface area contributed by atoms with Gasteiger partial charge in [0.05, 0.1) is 0 Å². The van der Waals surface area contributed by atoms with Crippen LogP contribution in [0.15, 0.2) is 0 Å². The second-order valence-corrected chi connectivity index (χ2v) is 4.07. The first-order valence-corrected chi connectivity index (χ1v) is 5.22. The van der Waals surface area contributed by atoms with Gasteiger partial charge in [0.15, 0.2) is 0 Å². The lowest BCUT2D eigenvalue weighted by molar-refractivity contribution is -0.117. The standard InChI is InChI=1S/C2H7NO6P2.CH4/c1-2(4)3-11(7,8)9-10(5)6;/h10H,1H3,(H,5,6)(H2,3,4,7,8);1H4. The molecule has 0 saturated carbocycles. The highest BCUT2D eigenvalue weighted by atomic mass is 31.2. The van der Waals surface area contributed by atoms with E-state index >= 15 is 0 Å². The number of amides is 1. The van der Waals surface area contributed by atoms with Gasteiger partial charge in [-0.3, -0.25) is 14.4 Å². The minimum atomic E-state index is -4.42. The molecule has 0 saturated heterocycles. The molecule has 0 aromatic rings. The van der Waals surface area contributed by atoms with Crippen LogP contribution < -0.4 is 5.09 Å². The molecule has 0 heterocycles. The lowest BCUT2D eigenvalue weighted by atomic mass is 10.8. The van der Waals surface area contributed by atoms with Crippen molar-refractivity contribution in [3.8, 4) is 0 Å². The molecule has 0 aromatic carbocycles. The summed E-state index contributed by atoms with van der Waals surface area (Å²) in [5, 5.41) is 1.47. The maximum Gasteiger partial charge on any atom is 0.439 e. The molecular formula is C3H11NO6P2. The zero-order valence-corrected chi connectivity index (χ0v) is 7.37. The molecule has 74 valence electrons. The summed E-state index contributed by atoms with van der Waals surface area (Å²) in [6.07, 6.45) is 0.